The van der Waals surface area contributed by atoms with E-state index in [0.717, 1.165) is 11.1 Å². The van der Waals surface area contributed by atoms with E-state index in [9.17, 15) is 4.79 Å². The Morgan fingerprint density at radius 2 is 2.00 bits per heavy atom. The van der Waals surface area contributed by atoms with Crippen molar-refractivity contribution in [3.63, 3.8) is 0 Å². The molecule has 0 radical (unpaired) electrons. The lowest BCUT2D eigenvalue weighted by Crippen LogP contribution is -2.36. The number of carbonyl (C=O) groups excluding carboxylic acids is 1. The Labute approximate surface area is 101 Å². The zero-order valence-electron chi connectivity index (χ0n) is 10.3. The zero-order chi connectivity index (χ0) is 12.5. The SMILES string of the molecule is COC(=O)C1C(C)=COC1(C)c1ccccc1. The van der Waals surface area contributed by atoms with Gasteiger partial charge < -0.3 is 9.47 Å². The lowest BCUT2D eigenvalue weighted by atomic mass is 9.80. The van der Waals surface area contributed by atoms with Gasteiger partial charge in [0.1, 0.15) is 11.5 Å². The maximum atomic E-state index is 11.9. The predicted octanol–water partition coefficient (Wildman–Crippen LogP) is 2.63. The summed E-state index contributed by atoms with van der Waals surface area (Å²) in [5, 5.41) is 0. The van der Waals surface area contributed by atoms with E-state index in [-0.39, 0.29) is 11.9 Å². The van der Waals surface area contributed by atoms with Crippen LogP contribution < -0.4 is 0 Å². The number of hydrogen-bond acceptors (Lipinski definition) is 3. The topological polar surface area (TPSA) is 35.5 Å². The van der Waals surface area contributed by atoms with E-state index in [1.54, 1.807) is 6.26 Å². The van der Waals surface area contributed by atoms with E-state index in [4.69, 9.17) is 9.47 Å². The normalized spacial score (nSPS) is 27.2. The molecule has 0 bridgehead atoms. The van der Waals surface area contributed by atoms with Gasteiger partial charge in [0.15, 0.2) is 0 Å². The van der Waals surface area contributed by atoms with Crippen LogP contribution >= 0.6 is 0 Å². The molecule has 2 atom stereocenters. The molecule has 0 aliphatic carbocycles. The first-order valence-corrected chi connectivity index (χ1v) is 5.57. The van der Waals surface area contributed by atoms with E-state index in [1.807, 2.05) is 44.2 Å². The number of methoxy groups -OCH3 is 1. The molecule has 1 aromatic carbocycles. The van der Waals surface area contributed by atoms with Gasteiger partial charge >= 0.3 is 5.97 Å². The van der Waals surface area contributed by atoms with Gasteiger partial charge in [-0.25, -0.2) is 0 Å². The van der Waals surface area contributed by atoms with Gasteiger partial charge in [-0.3, -0.25) is 4.79 Å². The van der Waals surface area contributed by atoms with E-state index in [0.29, 0.717) is 0 Å². The smallest absolute Gasteiger partial charge is 0.317 e. The van der Waals surface area contributed by atoms with Crippen LogP contribution in [0.4, 0.5) is 0 Å². The number of carbonyl (C=O) groups is 1. The summed E-state index contributed by atoms with van der Waals surface area (Å²) >= 11 is 0. The molecule has 0 amide bonds. The molecule has 1 aliphatic rings. The molecule has 0 spiro atoms. The van der Waals surface area contributed by atoms with Crippen LogP contribution in [0.2, 0.25) is 0 Å². The van der Waals surface area contributed by atoms with Crippen molar-refractivity contribution < 1.29 is 14.3 Å². The monoisotopic (exact) mass is 232 g/mol. The largest absolute Gasteiger partial charge is 0.489 e. The summed E-state index contributed by atoms with van der Waals surface area (Å²) in [6.07, 6.45) is 1.65. The lowest BCUT2D eigenvalue weighted by molar-refractivity contribution is -0.150. The molecule has 17 heavy (non-hydrogen) atoms. The highest BCUT2D eigenvalue weighted by Crippen LogP contribution is 2.43. The van der Waals surface area contributed by atoms with E-state index in [1.165, 1.54) is 7.11 Å². The van der Waals surface area contributed by atoms with Gasteiger partial charge in [-0.1, -0.05) is 30.3 Å². The third-order valence-electron chi connectivity index (χ3n) is 3.28. The van der Waals surface area contributed by atoms with Gasteiger partial charge in [0, 0.05) is 0 Å². The van der Waals surface area contributed by atoms with Crippen molar-refractivity contribution in [2.75, 3.05) is 7.11 Å². The Bertz CT molecular complexity index is 450. The highest BCUT2D eigenvalue weighted by Gasteiger charge is 2.47. The maximum absolute atomic E-state index is 11.9. The third kappa shape index (κ3) is 1.82. The van der Waals surface area contributed by atoms with Crippen molar-refractivity contribution in [1.29, 1.82) is 0 Å². The second kappa shape index (κ2) is 4.24. The van der Waals surface area contributed by atoms with Crippen LogP contribution in [-0.2, 0) is 19.9 Å². The summed E-state index contributed by atoms with van der Waals surface area (Å²) in [7, 11) is 1.40. The minimum absolute atomic E-state index is 0.261. The van der Waals surface area contributed by atoms with E-state index < -0.39 is 5.60 Å². The summed E-state index contributed by atoms with van der Waals surface area (Å²) in [6, 6.07) is 9.73. The summed E-state index contributed by atoms with van der Waals surface area (Å²) in [5.41, 5.74) is 1.20. The molecule has 0 aromatic heterocycles. The fourth-order valence-electron chi connectivity index (χ4n) is 2.32. The number of benzene rings is 1. The highest BCUT2D eigenvalue weighted by molar-refractivity contribution is 5.78. The van der Waals surface area contributed by atoms with Crippen molar-refractivity contribution in [3.05, 3.63) is 47.7 Å². The minimum atomic E-state index is -0.668. The van der Waals surface area contributed by atoms with Gasteiger partial charge in [-0.05, 0) is 25.0 Å². The summed E-state index contributed by atoms with van der Waals surface area (Å²) in [6.45, 7) is 3.80. The predicted molar refractivity (Wildman–Crippen MR) is 64.1 cm³/mol. The van der Waals surface area contributed by atoms with Crippen molar-refractivity contribution >= 4 is 5.97 Å². The average molecular weight is 232 g/mol. The van der Waals surface area contributed by atoms with Crippen molar-refractivity contribution in [3.8, 4) is 0 Å². The van der Waals surface area contributed by atoms with Crippen LogP contribution in [0, 0.1) is 5.92 Å². The molecule has 0 N–H and O–H groups in total. The van der Waals surface area contributed by atoms with Gasteiger partial charge in [-0.2, -0.15) is 0 Å². The quantitative estimate of drug-likeness (QED) is 0.735. The molecule has 0 saturated carbocycles. The molecule has 3 heteroatoms. The molecule has 90 valence electrons. The Hall–Kier alpha value is -1.77. The summed E-state index contributed by atoms with van der Waals surface area (Å²) in [4.78, 5) is 11.9. The van der Waals surface area contributed by atoms with Crippen LogP contribution in [0.25, 0.3) is 0 Å². The van der Waals surface area contributed by atoms with Crippen molar-refractivity contribution in [2.45, 2.75) is 19.4 Å². The van der Waals surface area contributed by atoms with Crippen LogP contribution in [0.3, 0.4) is 0 Å². The molecule has 2 unspecified atom stereocenters. The number of hydrogen-bond donors (Lipinski definition) is 0. The lowest BCUT2D eigenvalue weighted by Gasteiger charge is -2.30. The fourth-order valence-corrected chi connectivity index (χ4v) is 2.32. The average Bonchev–Trinajstić information content (AvgIpc) is 2.67. The first-order chi connectivity index (χ1) is 8.09. The second-order valence-corrected chi connectivity index (χ2v) is 4.41. The maximum Gasteiger partial charge on any atom is 0.317 e. The molecule has 2 rings (SSSR count). The molecule has 0 fully saturated rings. The van der Waals surface area contributed by atoms with Crippen LogP contribution in [0.1, 0.15) is 19.4 Å². The van der Waals surface area contributed by atoms with E-state index in [2.05, 4.69) is 0 Å². The summed E-state index contributed by atoms with van der Waals surface area (Å²) in [5.74, 6) is -0.641. The van der Waals surface area contributed by atoms with E-state index >= 15 is 0 Å². The van der Waals surface area contributed by atoms with Gasteiger partial charge in [0.2, 0.25) is 0 Å². The molecule has 1 heterocycles. The number of esters is 1. The Kier molecular flexibility index (Phi) is 2.92. The third-order valence-corrected chi connectivity index (χ3v) is 3.28. The Morgan fingerprint density at radius 1 is 1.35 bits per heavy atom. The molecular weight excluding hydrogens is 216 g/mol. The Morgan fingerprint density at radius 3 is 2.59 bits per heavy atom. The first-order valence-electron chi connectivity index (χ1n) is 5.57. The molecule has 3 nitrogen and oxygen atoms in total. The van der Waals surface area contributed by atoms with Crippen LogP contribution in [0.15, 0.2) is 42.2 Å². The number of ether oxygens (including phenoxy) is 2. The van der Waals surface area contributed by atoms with Crippen molar-refractivity contribution in [1.82, 2.24) is 0 Å². The van der Waals surface area contributed by atoms with Crippen LogP contribution in [0.5, 0.6) is 0 Å². The zero-order valence-corrected chi connectivity index (χ0v) is 10.3. The molecular formula is C14H16O3. The van der Waals surface area contributed by atoms with Crippen molar-refractivity contribution in [2.24, 2.45) is 5.92 Å². The summed E-state index contributed by atoms with van der Waals surface area (Å²) < 4.78 is 10.6. The Balaban J connectivity index is 2.41. The second-order valence-electron chi connectivity index (χ2n) is 4.41. The first kappa shape index (κ1) is 11.7. The fraction of sp³-hybridized carbons (Fsp3) is 0.357. The van der Waals surface area contributed by atoms with Gasteiger partial charge in [-0.15, -0.1) is 0 Å². The van der Waals surface area contributed by atoms with Gasteiger partial charge in [0.05, 0.1) is 13.4 Å². The minimum Gasteiger partial charge on any atom is -0.489 e. The standard InChI is InChI=1S/C14H16O3/c1-10-9-17-14(2,12(10)13(15)16-3)11-7-5-4-6-8-11/h4-9,12H,1-3H3. The molecule has 1 aromatic rings. The molecule has 0 saturated heterocycles. The molecule has 1 aliphatic heterocycles. The highest BCUT2D eigenvalue weighted by atomic mass is 16.5. The number of rotatable bonds is 2. The van der Waals surface area contributed by atoms with Gasteiger partial charge in [0.25, 0.3) is 0 Å². The van der Waals surface area contributed by atoms with Crippen LogP contribution in [-0.4, -0.2) is 13.1 Å².